The molecule has 1 aliphatic rings. The first-order valence-corrected chi connectivity index (χ1v) is 8.29. The molecule has 0 aromatic heterocycles. The number of urea groups is 1. The SMILES string of the molecule is O=C(NCCc1cccc(O)c1)N1CCOC(c2cccc(F)c2)C1. The minimum absolute atomic E-state index is 0.162. The molecular formula is C19H21FN2O3. The van der Waals surface area contributed by atoms with Crippen molar-refractivity contribution in [3.05, 3.63) is 65.5 Å². The molecule has 2 amide bonds. The lowest BCUT2D eigenvalue weighted by atomic mass is 10.1. The number of carbonyl (C=O) groups is 1. The van der Waals surface area contributed by atoms with Crippen LogP contribution in [0, 0.1) is 5.82 Å². The second-order valence-electron chi connectivity index (χ2n) is 6.01. The van der Waals surface area contributed by atoms with Gasteiger partial charge in [-0.15, -0.1) is 0 Å². The van der Waals surface area contributed by atoms with Crippen molar-refractivity contribution >= 4 is 6.03 Å². The van der Waals surface area contributed by atoms with E-state index in [1.165, 1.54) is 12.1 Å². The normalized spacial score (nSPS) is 17.3. The van der Waals surface area contributed by atoms with Crippen LogP contribution in [-0.2, 0) is 11.2 Å². The zero-order valence-corrected chi connectivity index (χ0v) is 13.8. The number of hydrogen-bond donors (Lipinski definition) is 2. The Kier molecular flexibility index (Phi) is 5.50. The molecule has 3 rings (SSSR count). The Balaban J connectivity index is 1.51. The van der Waals surface area contributed by atoms with Gasteiger partial charge >= 0.3 is 6.03 Å². The van der Waals surface area contributed by atoms with Gasteiger partial charge in [0.15, 0.2) is 0 Å². The van der Waals surface area contributed by atoms with Crippen LogP contribution in [0.5, 0.6) is 5.75 Å². The van der Waals surface area contributed by atoms with Crippen molar-refractivity contribution in [2.45, 2.75) is 12.5 Å². The monoisotopic (exact) mass is 344 g/mol. The number of rotatable bonds is 4. The van der Waals surface area contributed by atoms with Gasteiger partial charge in [0.2, 0.25) is 0 Å². The van der Waals surface area contributed by atoms with Gasteiger partial charge in [0.25, 0.3) is 0 Å². The minimum Gasteiger partial charge on any atom is -0.508 e. The summed E-state index contributed by atoms with van der Waals surface area (Å²) < 4.78 is 19.0. The first kappa shape index (κ1) is 17.2. The quantitative estimate of drug-likeness (QED) is 0.897. The molecule has 0 bridgehead atoms. The summed E-state index contributed by atoms with van der Waals surface area (Å²) in [6.45, 7) is 1.79. The summed E-state index contributed by atoms with van der Waals surface area (Å²) in [6, 6.07) is 13.1. The van der Waals surface area contributed by atoms with Gasteiger partial charge in [-0.3, -0.25) is 0 Å². The second kappa shape index (κ2) is 7.98. The van der Waals surface area contributed by atoms with Crippen LogP contribution in [0.25, 0.3) is 0 Å². The fourth-order valence-electron chi connectivity index (χ4n) is 2.88. The highest BCUT2D eigenvalue weighted by Gasteiger charge is 2.25. The Morgan fingerprint density at radius 1 is 1.28 bits per heavy atom. The molecule has 132 valence electrons. The lowest BCUT2D eigenvalue weighted by Gasteiger charge is -2.33. The molecule has 0 radical (unpaired) electrons. The number of nitrogens with one attached hydrogen (secondary N) is 1. The number of hydrogen-bond acceptors (Lipinski definition) is 3. The first-order valence-electron chi connectivity index (χ1n) is 8.29. The Morgan fingerprint density at radius 2 is 2.12 bits per heavy atom. The zero-order valence-electron chi connectivity index (χ0n) is 13.8. The van der Waals surface area contributed by atoms with Crippen LogP contribution in [0.1, 0.15) is 17.2 Å². The Morgan fingerprint density at radius 3 is 2.92 bits per heavy atom. The maximum absolute atomic E-state index is 13.4. The molecule has 0 saturated carbocycles. The molecule has 0 aliphatic carbocycles. The molecular weight excluding hydrogens is 323 g/mol. The van der Waals surface area contributed by atoms with Crippen LogP contribution < -0.4 is 5.32 Å². The van der Waals surface area contributed by atoms with Gasteiger partial charge in [0.05, 0.1) is 13.2 Å². The van der Waals surface area contributed by atoms with Crippen molar-refractivity contribution in [3.8, 4) is 5.75 Å². The molecule has 1 saturated heterocycles. The molecule has 0 spiro atoms. The van der Waals surface area contributed by atoms with Gasteiger partial charge in [-0.25, -0.2) is 9.18 Å². The van der Waals surface area contributed by atoms with E-state index in [1.807, 2.05) is 6.07 Å². The standard InChI is InChI=1S/C19H21FN2O3/c20-16-5-2-4-15(12-16)18-13-22(9-10-25-18)19(24)21-8-7-14-3-1-6-17(23)11-14/h1-6,11-12,18,23H,7-10,13H2,(H,21,24). The number of halogens is 1. The summed E-state index contributed by atoms with van der Waals surface area (Å²) in [7, 11) is 0. The summed E-state index contributed by atoms with van der Waals surface area (Å²) in [6.07, 6.45) is 0.318. The number of morpholine rings is 1. The molecule has 1 heterocycles. The largest absolute Gasteiger partial charge is 0.508 e. The summed E-state index contributed by atoms with van der Waals surface area (Å²) in [5.41, 5.74) is 1.69. The number of phenols is 1. The molecule has 1 fully saturated rings. The van der Waals surface area contributed by atoms with Gasteiger partial charge in [-0.1, -0.05) is 24.3 Å². The highest BCUT2D eigenvalue weighted by molar-refractivity contribution is 5.74. The average molecular weight is 344 g/mol. The average Bonchev–Trinajstić information content (AvgIpc) is 2.62. The van der Waals surface area contributed by atoms with E-state index in [0.717, 1.165) is 11.1 Å². The van der Waals surface area contributed by atoms with E-state index in [9.17, 15) is 14.3 Å². The lowest BCUT2D eigenvalue weighted by molar-refractivity contribution is -0.0155. The van der Waals surface area contributed by atoms with Gasteiger partial charge in [0, 0.05) is 13.1 Å². The predicted molar refractivity (Wildman–Crippen MR) is 91.9 cm³/mol. The van der Waals surface area contributed by atoms with Crippen molar-refractivity contribution in [2.75, 3.05) is 26.2 Å². The molecule has 2 N–H and O–H groups in total. The molecule has 2 aromatic rings. The number of carbonyl (C=O) groups excluding carboxylic acids is 1. The maximum Gasteiger partial charge on any atom is 0.317 e. The van der Waals surface area contributed by atoms with Crippen molar-refractivity contribution in [1.29, 1.82) is 0 Å². The molecule has 25 heavy (non-hydrogen) atoms. The summed E-state index contributed by atoms with van der Waals surface area (Å²) in [5.74, 6) is -0.0938. The lowest BCUT2D eigenvalue weighted by Crippen LogP contribution is -2.47. The van der Waals surface area contributed by atoms with E-state index >= 15 is 0 Å². The molecule has 2 aromatic carbocycles. The van der Waals surface area contributed by atoms with E-state index in [0.29, 0.717) is 32.7 Å². The van der Waals surface area contributed by atoms with Crippen molar-refractivity contribution < 1.29 is 19.0 Å². The minimum atomic E-state index is -0.318. The number of aromatic hydroxyl groups is 1. The Labute approximate surface area is 146 Å². The van der Waals surface area contributed by atoms with E-state index in [1.54, 1.807) is 35.2 Å². The summed E-state index contributed by atoms with van der Waals surface area (Å²) in [4.78, 5) is 14.0. The van der Waals surface area contributed by atoms with Gasteiger partial charge < -0.3 is 20.1 Å². The van der Waals surface area contributed by atoms with Gasteiger partial charge in [-0.05, 0) is 41.8 Å². The van der Waals surface area contributed by atoms with Crippen molar-refractivity contribution in [2.24, 2.45) is 0 Å². The fourth-order valence-corrected chi connectivity index (χ4v) is 2.88. The smallest absolute Gasteiger partial charge is 0.317 e. The molecule has 1 atom stereocenters. The number of ether oxygens (including phenoxy) is 1. The number of benzene rings is 2. The van der Waals surface area contributed by atoms with Crippen LogP contribution in [0.4, 0.5) is 9.18 Å². The number of nitrogens with zero attached hydrogens (tertiary/aromatic N) is 1. The van der Waals surface area contributed by atoms with Gasteiger partial charge in [0.1, 0.15) is 17.7 Å². The molecule has 1 unspecified atom stereocenters. The van der Waals surface area contributed by atoms with Crippen LogP contribution in [-0.4, -0.2) is 42.3 Å². The topological polar surface area (TPSA) is 61.8 Å². The third kappa shape index (κ3) is 4.70. The molecule has 1 aliphatic heterocycles. The first-order chi connectivity index (χ1) is 12.1. The van der Waals surface area contributed by atoms with Crippen LogP contribution in [0.15, 0.2) is 48.5 Å². The van der Waals surface area contributed by atoms with Gasteiger partial charge in [-0.2, -0.15) is 0 Å². The fraction of sp³-hybridized carbons (Fsp3) is 0.316. The highest BCUT2D eigenvalue weighted by atomic mass is 19.1. The van der Waals surface area contributed by atoms with E-state index in [4.69, 9.17) is 4.74 Å². The Hall–Kier alpha value is -2.60. The maximum atomic E-state index is 13.4. The van der Waals surface area contributed by atoms with Crippen LogP contribution >= 0.6 is 0 Å². The third-order valence-electron chi connectivity index (χ3n) is 4.17. The highest BCUT2D eigenvalue weighted by Crippen LogP contribution is 2.22. The summed E-state index contributed by atoms with van der Waals surface area (Å²) in [5, 5.41) is 12.3. The van der Waals surface area contributed by atoms with Crippen molar-refractivity contribution in [1.82, 2.24) is 10.2 Å². The third-order valence-corrected chi connectivity index (χ3v) is 4.17. The van der Waals surface area contributed by atoms with E-state index in [2.05, 4.69) is 5.32 Å². The van der Waals surface area contributed by atoms with Crippen molar-refractivity contribution in [3.63, 3.8) is 0 Å². The molecule has 5 nitrogen and oxygen atoms in total. The predicted octanol–water partition coefficient (Wildman–Crippen LogP) is 2.86. The summed E-state index contributed by atoms with van der Waals surface area (Å²) >= 11 is 0. The molecule has 6 heteroatoms. The second-order valence-corrected chi connectivity index (χ2v) is 6.01. The van der Waals surface area contributed by atoms with Crippen LogP contribution in [0.2, 0.25) is 0 Å². The van der Waals surface area contributed by atoms with Crippen LogP contribution in [0.3, 0.4) is 0 Å². The number of phenolic OH excluding ortho intramolecular Hbond substituents is 1. The zero-order chi connectivity index (χ0) is 17.6. The van der Waals surface area contributed by atoms with E-state index in [-0.39, 0.29) is 23.7 Å². The van der Waals surface area contributed by atoms with E-state index < -0.39 is 0 Å². The Bertz CT molecular complexity index is 738. The number of amides is 2.